The molecule has 0 fully saturated rings. The molecule has 0 aliphatic rings. The van der Waals surface area contributed by atoms with E-state index in [1.54, 1.807) is 6.26 Å². The van der Waals surface area contributed by atoms with Crippen LogP contribution in [0.5, 0.6) is 0 Å². The van der Waals surface area contributed by atoms with Gasteiger partial charge in [0, 0.05) is 11.0 Å². The minimum atomic E-state index is -4.70. The molecule has 0 radical (unpaired) electrons. The minimum Gasteiger partial charge on any atom is -0.258 e. The Morgan fingerprint density at radius 3 is 2.40 bits per heavy atom. The molecule has 0 aliphatic heterocycles. The van der Waals surface area contributed by atoms with Gasteiger partial charge in [0.15, 0.2) is 0 Å². The Bertz CT molecular complexity index is 392. The van der Waals surface area contributed by atoms with E-state index in [1.807, 2.05) is 0 Å². The molecular weight excluding hydrogens is 231 g/mol. The van der Waals surface area contributed by atoms with Crippen LogP contribution in [0.15, 0.2) is 23.1 Å². The molecule has 0 amide bonds. The average molecular weight is 237 g/mol. The molecule has 0 heterocycles. The van der Waals surface area contributed by atoms with Gasteiger partial charge in [0.05, 0.1) is 4.92 Å². The van der Waals surface area contributed by atoms with Crippen molar-refractivity contribution in [1.82, 2.24) is 0 Å². The Hall–Kier alpha value is -1.24. The van der Waals surface area contributed by atoms with E-state index in [9.17, 15) is 23.3 Å². The van der Waals surface area contributed by atoms with Gasteiger partial charge in [-0.25, -0.2) is 0 Å². The number of hydrogen-bond acceptors (Lipinski definition) is 3. The smallest absolute Gasteiger partial charge is 0.258 e. The number of hydrogen-bond donors (Lipinski definition) is 0. The first-order chi connectivity index (χ1) is 6.86. The molecule has 0 atom stereocenters. The summed E-state index contributed by atoms with van der Waals surface area (Å²) >= 11 is 1.10. The molecule has 3 nitrogen and oxygen atoms in total. The van der Waals surface area contributed by atoms with E-state index in [1.165, 1.54) is 6.07 Å². The van der Waals surface area contributed by atoms with Gasteiger partial charge in [-0.05, 0) is 18.4 Å². The monoisotopic (exact) mass is 237 g/mol. The van der Waals surface area contributed by atoms with Crippen LogP contribution >= 0.6 is 11.8 Å². The van der Waals surface area contributed by atoms with E-state index in [0.29, 0.717) is 4.90 Å². The Balaban J connectivity index is 3.36. The molecule has 7 heteroatoms. The van der Waals surface area contributed by atoms with Gasteiger partial charge in [-0.3, -0.25) is 10.1 Å². The molecule has 0 bridgehead atoms. The molecule has 0 saturated carbocycles. The first-order valence-electron chi connectivity index (χ1n) is 3.76. The summed E-state index contributed by atoms with van der Waals surface area (Å²) in [4.78, 5) is 9.67. The second-order valence-electron chi connectivity index (χ2n) is 2.64. The van der Waals surface area contributed by atoms with E-state index < -0.39 is 22.4 Å². The van der Waals surface area contributed by atoms with E-state index in [0.717, 1.165) is 23.9 Å². The molecule has 0 aliphatic carbocycles. The van der Waals surface area contributed by atoms with Crippen LogP contribution in [0.1, 0.15) is 5.56 Å². The maximum Gasteiger partial charge on any atom is 0.423 e. The van der Waals surface area contributed by atoms with Crippen LogP contribution in [0.3, 0.4) is 0 Å². The van der Waals surface area contributed by atoms with Gasteiger partial charge in [0.2, 0.25) is 0 Å². The molecule has 1 rings (SSSR count). The van der Waals surface area contributed by atoms with Crippen LogP contribution < -0.4 is 0 Å². The quantitative estimate of drug-likeness (QED) is 0.450. The fraction of sp³-hybridized carbons (Fsp3) is 0.250. The summed E-state index contributed by atoms with van der Waals surface area (Å²) in [6, 6.07) is 2.94. The highest BCUT2D eigenvalue weighted by Gasteiger charge is 2.38. The van der Waals surface area contributed by atoms with Crippen molar-refractivity contribution >= 4 is 17.4 Å². The van der Waals surface area contributed by atoms with Crippen LogP contribution in [0.2, 0.25) is 0 Å². The van der Waals surface area contributed by atoms with Gasteiger partial charge in [0.25, 0.3) is 5.69 Å². The maximum atomic E-state index is 12.4. The summed E-state index contributed by atoms with van der Waals surface area (Å²) in [5.74, 6) is 0. The molecular formula is C8H6F3NO2S. The van der Waals surface area contributed by atoms with E-state index >= 15 is 0 Å². The van der Waals surface area contributed by atoms with Gasteiger partial charge in [0.1, 0.15) is 5.56 Å². The molecule has 0 unspecified atom stereocenters. The summed E-state index contributed by atoms with van der Waals surface area (Å²) in [5.41, 5.74) is -2.13. The van der Waals surface area contributed by atoms with Crippen molar-refractivity contribution in [2.24, 2.45) is 0 Å². The Labute approximate surface area is 87.4 Å². The highest BCUT2D eigenvalue weighted by Crippen LogP contribution is 2.37. The molecule has 0 N–H and O–H groups in total. The number of benzene rings is 1. The van der Waals surface area contributed by atoms with E-state index in [4.69, 9.17) is 0 Å². The normalized spacial score (nSPS) is 11.5. The number of nitro groups is 1. The van der Waals surface area contributed by atoms with Gasteiger partial charge in [-0.15, -0.1) is 11.8 Å². The zero-order valence-corrected chi connectivity index (χ0v) is 8.35. The molecule has 15 heavy (non-hydrogen) atoms. The largest absolute Gasteiger partial charge is 0.423 e. The van der Waals surface area contributed by atoms with Crippen LogP contribution in [-0.2, 0) is 6.18 Å². The highest BCUT2D eigenvalue weighted by atomic mass is 32.2. The second kappa shape index (κ2) is 4.09. The Kier molecular flexibility index (Phi) is 3.23. The average Bonchev–Trinajstić information content (AvgIpc) is 2.15. The molecule has 1 aromatic rings. The number of alkyl halides is 3. The fourth-order valence-electron chi connectivity index (χ4n) is 1.03. The molecule has 0 spiro atoms. The topological polar surface area (TPSA) is 43.1 Å². The zero-order chi connectivity index (χ0) is 11.6. The molecule has 82 valence electrons. The number of rotatable bonds is 2. The fourth-order valence-corrected chi connectivity index (χ4v) is 1.47. The second-order valence-corrected chi connectivity index (χ2v) is 3.52. The summed E-state index contributed by atoms with van der Waals surface area (Å²) < 4.78 is 37.2. The van der Waals surface area contributed by atoms with Crippen molar-refractivity contribution in [3.63, 3.8) is 0 Å². The third kappa shape index (κ3) is 2.62. The number of thioether (sulfide) groups is 1. The lowest BCUT2D eigenvalue weighted by molar-refractivity contribution is -0.388. The van der Waals surface area contributed by atoms with E-state index in [-0.39, 0.29) is 0 Å². The SMILES string of the molecule is CSc1ccc([N+](=O)[O-])c(C(F)(F)F)c1. The standard InChI is InChI=1S/C8H6F3NO2S/c1-15-5-2-3-7(12(13)14)6(4-5)8(9,10)11/h2-4H,1H3. The summed E-state index contributed by atoms with van der Waals surface area (Å²) in [6.07, 6.45) is -3.10. The maximum absolute atomic E-state index is 12.4. The van der Waals surface area contributed by atoms with Crippen molar-refractivity contribution in [2.45, 2.75) is 11.1 Å². The van der Waals surface area contributed by atoms with Crippen LogP contribution in [0.25, 0.3) is 0 Å². The molecule has 0 saturated heterocycles. The minimum absolute atomic E-state index is 0.341. The van der Waals surface area contributed by atoms with Crippen molar-refractivity contribution in [1.29, 1.82) is 0 Å². The van der Waals surface area contributed by atoms with Crippen LogP contribution in [0.4, 0.5) is 18.9 Å². The lowest BCUT2D eigenvalue weighted by Gasteiger charge is -2.08. The van der Waals surface area contributed by atoms with Crippen LogP contribution in [-0.4, -0.2) is 11.2 Å². The predicted octanol–water partition coefficient (Wildman–Crippen LogP) is 3.34. The third-order valence-electron chi connectivity index (χ3n) is 1.71. The molecule has 1 aromatic carbocycles. The van der Waals surface area contributed by atoms with Crippen LogP contribution in [0, 0.1) is 10.1 Å². The van der Waals surface area contributed by atoms with Crippen molar-refractivity contribution in [2.75, 3.05) is 6.26 Å². The highest BCUT2D eigenvalue weighted by molar-refractivity contribution is 7.98. The van der Waals surface area contributed by atoms with Gasteiger partial charge < -0.3 is 0 Å². The van der Waals surface area contributed by atoms with Gasteiger partial charge in [-0.2, -0.15) is 13.2 Å². The lowest BCUT2D eigenvalue weighted by Crippen LogP contribution is -2.08. The van der Waals surface area contributed by atoms with E-state index in [2.05, 4.69) is 0 Å². The number of halogens is 3. The number of nitrogens with zero attached hydrogens (tertiary/aromatic N) is 1. The first kappa shape index (κ1) is 11.8. The summed E-state index contributed by atoms with van der Waals surface area (Å²) in [7, 11) is 0. The third-order valence-corrected chi connectivity index (χ3v) is 2.43. The molecule has 0 aromatic heterocycles. The Morgan fingerprint density at radius 2 is 2.00 bits per heavy atom. The van der Waals surface area contributed by atoms with Crippen molar-refractivity contribution in [3.05, 3.63) is 33.9 Å². The summed E-state index contributed by atoms with van der Waals surface area (Å²) in [5, 5.41) is 10.4. The van der Waals surface area contributed by atoms with Gasteiger partial charge in [-0.1, -0.05) is 0 Å². The summed E-state index contributed by atoms with van der Waals surface area (Å²) in [6.45, 7) is 0. The van der Waals surface area contributed by atoms with Gasteiger partial charge >= 0.3 is 6.18 Å². The zero-order valence-electron chi connectivity index (χ0n) is 7.54. The Morgan fingerprint density at radius 1 is 1.40 bits per heavy atom. The van der Waals surface area contributed by atoms with Crippen molar-refractivity contribution < 1.29 is 18.1 Å². The van der Waals surface area contributed by atoms with Crippen molar-refractivity contribution in [3.8, 4) is 0 Å². The lowest BCUT2D eigenvalue weighted by atomic mass is 10.2. The predicted molar refractivity (Wildman–Crippen MR) is 49.9 cm³/mol. The first-order valence-corrected chi connectivity index (χ1v) is 4.98. The number of nitro benzene ring substituents is 1.